The van der Waals surface area contributed by atoms with E-state index in [9.17, 15) is 9.59 Å². The second-order valence-corrected chi connectivity index (χ2v) is 5.33. The molecule has 1 aromatic carbocycles. The second-order valence-electron chi connectivity index (χ2n) is 5.33. The van der Waals surface area contributed by atoms with Crippen LogP contribution < -0.4 is 21.1 Å². The predicted molar refractivity (Wildman–Crippen MR) is 86.8 cm³/mol. The zero-order chi connectivity index (χ0) is 16.8. The first-order valence-corrected chi connectivity index (χ1v) is 7.37. The van der Waals surface area contributed by atoms with E-state index in [2.05, 4.69) is 20.8 Å². The normalized spacial score (nSPS) is 10.6. The van der Waals surface area contributed by atoms with Crippen LogP contribution in [0.15, 0.2) is 29.1 Å². The maximum absolute atomic E-state index is 11.9. The zero-order valence-corrected chi connectivity index (χ0v) is 13.4. The number of carbonyl (C=O) groups is 1. The van der Waals surface area contributed by atoms with Crippen molar-refractivity contribution in [2.75, 3.05) is 11.9 Å². The van der Waals surface area contributed by atoms with Gasteiger partial charge in [0.1, 0.15) is 11.6 Å². The maximum Gasteiger partial charge on any atom is 0.343 e. The number of aromatic nitrogens is 3. The summed E-state index contributed by atoms with van der Waals surface area (Å²) in [6.07, 6.45) is 0.527. The minimum atomic E-state index is -0.327. The van der Waals surface area contributed by atoms with Gasteiger partial charge in [0.25, 0.3) is 0 Å². The summed E-state index contributed by atoms with van der Waals surface area (Å²) in [7, 11) is 1.63. The summed E-state index contributed by atoms with van der Waals surface area (Å²) >= 11 is 0. The summed E-state index contributed by atoms with van der Waals surface area (Å²) in [4.78, 5) is 23.1. The molecule has 0 aliphatic rings. The number of aromatic amines is 1. The Hall–Kier alpha value is -2.77. The lowest BCUT2D eigenvalue weighted by molar-refractivity contribution is 0.242. The number of hydrogen-bond donors (Lipinski definition) is 3. The molecule has 2 amide bonds. The maximum atomic E-state index is 11.9. The lowest BCUT2D eigenvalue weighted by Gasteiger charge is -2.12. The number of H-pyrrole nitrogens is 1. The SMILES string of the molecule is CC(C)Oc1cccc(NC(=O)NCCc2n[nH]c(=O)n2C)c1. The van der Waals surface area contributed by atoms with E-state index in [1.54, 1.807) is 19.2 Å². The van der Waals surface area contributed by atoms with Crippen LogP contribution in [0.3, 0.4) is 0 Å². The van der Waals surface area contributed by atoms with Gasteiger partial charge < -0.3 is 15.4 Å². The molecule has 0 aliphatic heterocycles. The number of anilines is 1. The number of amides is 2. The number of hydrogen-bond acceptors (Lipinski definition) is 4. The van der Waals surface area contributed by atoms with E-state index in [1.165, 1.54) is 4.57 Å². The Bertz CT molecular complexity index is 720. The van der Waals surface area contributed by atoms with Gasteiger partial charge in [0.05, 0.1) is 6.10 Å². The fourth-order valence-electron chi connectivity index (χ4n) is 1.99. The number of carbonyl (C=O) groups excluding carboxylic acids is 1. The number of ether oxygens (including phenoxy) is 1. The number of urea groups is 1. The van der Waals surface area contributed by atoms with Crippen LogP contribution in [-0.4, -0.2) is 33.4 Å². The van der Waals surface area contributed by atoms with Crippen molar-refractivity contribution < 1.29 is 9.53 Å². The van der Waals surface area contributed by atoms with Gasteiger partial charge in [-0.3, -0.25) is 4.57 Å². The van der Waals surface area contributed by atoms with Crippen molar-refractivity contribution in [2.45, 2.75) is 26.4 Å². The van der Waals surface area contributed by atoms with E-state index in [0.29, 0.717) is 30.2 Å². The largest absolute Gasteiger partial charge is 0.491 e. The molecule has 0 aliphatic carbocycles. The lowest BCUT2D eigenvalue weighted by Crippen LogP contribution is -2.31. The minimum Gasteiger partial charge on any atom is -0.491 e. The molecular formula is C15H21N5O3. The fraction of sp³-hybridized carbons (Fsp3) is 0.400. The third-order valence-electron chi connectivity index (χ3n) is 3.07. The van der Waals surface area contributed by atoms with Crippen LogP contribution >= 0.6 is 0 Å². The van der Waals surface area contributed by atoms with Crippen molar-refractivity contribution in [1.29, 1.82) is 0 Å². The Labute approximate surface area is 133 Å². The van der Waals surface area contributed by atoms with Crippen LogP contribution in [0.25, 0.3) is 0 Å². The van der Waals surface area contributed by atoms with Gasteiger partial charge in [-0.2, -0.15) is 5.10 Å². The van der Waals surface area contributed by atoms with E-state index in [-0.39, 0.29) is 17.8 Å². The molecule has 8 heteroatoms. The van der Waals surface area contributed by atoms with Gasteiger partial charge in [-0.1, -0.05) is 6.07 Å². The molecule has 2 rings (SSSR count). The van der Waals surface area contributed by atoms with Crippen LogP contribution in [0, 0.1) is 0 Å². The Morgan fingerprint density at radius 2 is 2.22 bits per heavy atom. The Balaban J connectivity index is 1.83. The van der Waals surface area contributed by atoms with Crippen molar-refractivity contribution in [2.24, 2.45) is 7.05 Å². The highest BCUT2D eigenvalue weighted by atomic mass is 16.5. The summed E-state index contributed by atoms with van der Waals surface area (Å²) < 4.78 is 6.98. The van der Waals surface area contributed by atoms with Gasteiger partial charge in [-0.25, -0.2) is 14.7 Å². The molecule has 0 radical (unpaired) electrons. The Morgan fingerprint density at radius 3 is 2.87 bits per heavy atom. The van der Waals surface area contributed by atoms with Gasteiger partial charge in [-0.15, -0.1) is 0 Å². The van der Waals surface area contributed by atoms with Crippen molar-refractivity contribution in [1.82, 2.24) is 20.1 Å². The summed E-state index contributed by atoms with van der Waals surface area (Å²) in [6, 6.07) is 6.86. The highest BCUT2D eigenvalue weighted by molar-refractivity contribution is 5.89. The monoisotopic (exact) mass is 319 g/mol. The molecule has 0 spiro atoms. The number of rotatable bonds is 6. The third-order valence-corrected chi connectivity index (χ3v) is 3.07. The average Bonchev–Trinajstić information content (AvgIpc) is 2.79. The molecule has 0 bridgehead atoms. The van der Waals surface area contributed by atoms with Crippen molar-refractivity contribution in [3.63, 3.8) is 0 Å². The van der Waals surface area contributed by atoms with Crippen LogP contribution in [0.5, 0.6) is 5.75 Å². The van der Waals surface area contributed by atoms with Crippen LogP contribution in [0.4, 0.5) is 10.5 Å². The Morgan fingerprint density at radius 1 is 1.43 bits per heavy atom. The quantitative estimate of drug-likeness (QED) is 0.746. The van der Waals surface area contributed by atoms with Gasteiger partial charge in [0.2, 0.25) is 0 Å². The van der Waals surface area contributed by atoms with Crippen molar-refractivity contribution >= 4 is 11.7 Å². The van der Waals surface area contributed by atoms with Gasteiger partial charge in [-0.05, 0) is 26.0 Å². The van der Waals surface area contributed by atoms with Gasteiger partial charge >= 0.3 is 11.7 Å². The highest BCUT2D eigenvalue weighted by Crippen LogP contribution is 2.18. The molecule has 0 saturated heterocycles. The van der Waals surface area contributed by atoms with Gasteiger partial charge in [0.15, 0.2) is 0 Å². The number of benzene rings is 1. The summed E-state index contributed by atoms with van der Waals surface area (Å²) in [5, 5.41) is 11.7. The zero-order valence-electron chi connectivity index (χ0n) is 13.4. The van der Waals surface area contributed by atoms with Crippen LogP contribution in [-0.2, 0) is 13.5 Å². The fourth-order valence-corrected chi connectivity index (χ4v) is 1.99. The third kappa shape index (κ3) is 4.87. The molecule has 2 aromatic rings. The Kier molecular flexibility index (Phi) is 5.40. The molecule has 124 valence electrons. The topological polar surface area (TPSA) is 101 Å². The van der Waals surface area contributed by atoms with E-state index in [4.69, 9.17) is 4.74 Å². The van der Waals surface area contributed by atoms with Crippen molar-refractivity contribution in [3.05, 3.63) is 40.6 Å². The summed E-state index contributed by atoms with van der Waals surface area (Å²) in [5.74, 6) is 1.28. The van der Waals surface area contributed by atoms with Crippen LogP contribution in [0.1, 0.15) is 19.7 Å². The highest BCUT2D eigenvalue weighted by Gasteiger charge is 2.06. The summed E-state index contributed by atoms with van der Waals surface area (Å²) in [6.45, 7) is 4.25. The molecule has 0 fully saturated rings. The minimum absolute atomic E-state index is 0.0690. The lowest BCUT2D eigenvalue weighted by atomic mass is 10.3. The van der Waals surface area contributed by atoms with Crippen molar-refractivity contribution in [3.8, 4) is 5.75 Å². The summed E-state index contributed by atoms with van der Waals surface area (Å²) in [5.41, 5.74) is 0.374. The molecule has 8 nitrogen and oxygen atoms in total. The number of nitrogens with one attached hydrogen (secondary N) is 3. The van der Waals surface area contributed by atoms with E-state index in [1.807, 2.05) is 26.0 Å². The van der Waals surface area contributed by atoms with E-state index >= 15 is 0 Å². The molecular weight excluding hydrogens is 298 g/mol. The van der Waals surface area contributed by atoms with Gasteiger partial charge in [0, 0.05) is 31.8 Å². The molecule has 1 heterocycles. The average molecular weight is 319 g/mol. The molecule has 0 saturated carbocycles. The first-order valence-electron chi connectivity index (χ1n) is 7.37. The van der Waals surface area contributed by atoms with E-state index in [0.717, 1.165) is 0 Å². The first-order chi connectivity index (χ1) is 11.0. The second kappa shape index (κ2) is 7.48. The molecule has 3 N–H and O–H groups in total. The molecule has 1 aromatic heterocycles. The van der Waals surface area contributed by atoms with E-state index < -0.39 is 0 Å². The molecule has 0 unspecified atom stereocenters. The molecule has 23 heavy (non-hydrogen) atoms. The smallest absolute Gasteiger partial charge is 0.343 e. The first kappa shape index (κ1) is 16.6. The number of nitrogens with zero attached hydrogens (tertiary/aromatic N) is 2. The molecule has 0 atom stereocenters. The standard InChI is InChI=1S/C15H21N5O3/c1-10(2)23-12-6-4-5-11(9-12)17-14(21)16-8-7-13-18-19-15(22)20(13)3/h4-6,9-10H,7-8H2,1-3H3,(H,19,22)(H2,16,17,21). The predicted octanol–water partition coefficient (Wildman–Crippen LogP) is 1.26. The van der Waals surface area contributed by atoms with Crippen LogP contribution in [0.2, 0.25) is 0 Å².